The molecule has 2 rings (SSSR count). The normalized spacial score (nSPS) is 15.6. The molecule has 0 aromatic carbocycles. The molecular weight excluding hydrogens is 1770 g/mol. The number of nitrogens with two attached hydrogens (primary N) is 1. The van der Waals surface area contributed by atoms with E-state index in [2.05, 4.69) is 42.5 Å². The van der Waals surface area contributed by atoms with E-state index in [0.717, 1.165) is 16.7 Å². The summed E-state index contributed by atoms with van der Waals surface area (Å²) in [5.41, 5.74) is 5.44. The van der Waals surface area contributed by atoms with Gasteiger partial charge in [-0.05, 0) is 32.1 Å². The van der Waals surface area contributed by atoms with Crippen molar-refractivity contribution < 1.29 is 179 Å². The predicted molar refractivity (Wildman–Crippen MR) is 465 cm³/mol. The van der Waals surface area contributed by atoms with Crippen LogP contribution in [0.3, 0.4) is 0 Å². The maximum Gasteiger partial charge on any atom is 0.407 e. The smallest absolute Gasteiger partial charge is 0.407 e. The Bertz CT molecular complexity index is 3170. The minimum Gasteiger partial charge on any atom is -0.481 e. The molecule has 11 unspecified atom stereocenters. The number of nitrogens with zero attached hydrogens (tertiary/aromatic N) is 2. The number of ether oxygens (including phenoxy) is 15. The van der Waals surface area contributed by atoms with Gasteiger partial charge in [-0.2, -0.15) is 0 Å². The number of imide groups is 2. The van der Waals surface area contributed by atoms with Gasteiger partial charge in [0.2, 0.25) is 59.1 Å². The summed E-state index contributed by atoms with van der Waals surface area (Å²) in [6.07, 6.45) is -3.00. The van der Waals surface area contributed by atoms with Gasteiger partial charge in [0.25, 0.3) is 0 Å². The number of hydrogen-bond acceptors (Lipinski definition) is 38. The lowest BCUT2D eigenvalue weighted by atomic mass is 10.2. The third-order valence-corrected chi connectivity index (χ3v) is 20.2. The van der Waals surface area contributed by atoms with E-state index in [4.69, 9.17) is 102 Å². The van der Waals surface area contributed by atoms with Crippen LogP contribution in [0.25, 0.3) is 0 Å². The number of amides is 12. The maximum absolute atomic E-state index is 12.5. The molecular formula is C80H145N11O37S2. The number of nitrogens with one attached hydrogen (secondary N) is 8. The van der Waals surface area contributed by atoms with E-state index >= 15 is 0 Å². The van der Waals surface area contributed by atoms with E-state index in [0.29, 0.717) is 32.1 Å². The highest BCUT2D eigenvalue weighted by Crippen LogP contribution is 2.35. The van der Waals surface area contributed by atoms with Gasteiger partial charge in [-0.15, -0.1) is 23.5 Å². The van der Waals surface area contributed by atoms with Gasteiger partial charge in [-0.3, -0.25) is 72.1 Å². The van der Waals surface area contributed by atoms with Crippen molar-refractivity contribution in [3.8, 4) is 0 Å². The standard InChI is InChI=1S/C32H56N4O12S.C30H52N6O14S.C11H21NO7.C7H16O4/c1-6-23(21-37)48-30(44-5)22-47-29(42)9-7-8-25(38)33-12-13-34-27(40)11-16-45-18-19-46-17-14-35-26(39)10-15-36-28(41)20-24(31(36)43)49-32(2,3)4;1-3-20(17-37)50-27(46-2)18-49-30(45)35-7-4-23(38)32-8-9-33-25(40)6-12-47-14-15-48-13-10-34-24(39)5-11-36-26(41)16-22(28(36)42)51-19-21(31)29(43)44;1-3-8(6-13)19-10(17-2)7-18-11(16)12-5-4-9(14)15;1-3-6(4-8)11-7(5-9)10-2/h23-24,30,37H,6-22H2,1-5H3,(H,33,38)(H,34,40)(H,35,39);20-22,27,37H,3-19,31H2,1-2H3,(H,32,38)(H,33,40)(H,34,39)(H,35,45)(H,43,44);8,10,13H,3-7H2,1-2H3,(H,12,16)(H,14,15);6-9H,3-5H2,1-2H3. The van der Waals surface area contributed by atoms with E-state index in [1.165, 1.54) is 45.1 Å². The number of carboxylic acids is 2. The van der Waals surface area contributed by atoms with Crippen molar-refractivity contribution >= 4 is 113 Å². The largest absolute Gasteiger partial charge is 0.481 e. The number of carbonyl (C=O) groups excluding carboxylic acids is 13. The lowest BCUT2D eigenvalue weighted by Crippen LogP contribution is -2.37. The average molecular weight is 1920 g/mol. The molecule has 2 aliphatic rings. The fourth-order valence-corrected chi connectivity index (χ4v) is 12.6. The second-order valence-electron chi connectivity index (χ2n) is 28.9. The Kier molecular flexibility index (Phi) is 74.9. The van der Waals surface area contributed by atoms with Crippen molar-refractivity contribution in [3.05, 3.63) is 0 Å². The number of rotatable bonds is 72. The molecule has 0 saturated carbocycles. The van der Waals surface area contributed by atoms with Crippen molar-refractivity contribution in [3.63, 3.8) is 0 Å². The summed E-state index contributed by atoms with van der Waals surface area (Å²) in [5.74, 6) is -5.81. The molecule has 12 amide bonds. The maximum atomic E-state index is 12.5. The van der Waals surface area contributed by atoms with Gasteiger partial charge in [-0.1, -0.05) is 48.5 Å². The average Bonchev–Trinajstić information content (AvgIpc) is 1.69. The van der Waals surface area contributed by atoms with E-state index < -0.39 is 95.8 Å². The molecule has 2 fully saturated rings. The predicted octanol–water partition coefficient (Wildman–Crippen LogP) is -2.74. The highest BCUT2D eigenvalue weighted by molar-refractivity contribution is 8.02. The SMILES string of the molecule is CCC(CO)OC(CO)OC.CCC(CO)OC(COC(=O)CCCC(=O)NCCNC(=O)CCOCCOCCNC(=O)CCN1C(=O)CC(SC(C)(C)C)C1=O)OC.CCC(CO)OC(COC(=O)NCCC(=O)NCCNC(=O)CCOCCOCCNC(=O)CCN1C(=O)CC(SCC(N)C(=O)O)C1=O)OC.CCC(CO)OC(COC(=O)NCCC(=O)O)OC. The summed E-state index contributed by atoms with van der Waals surface area (Å²) in [5, 5.41) is 81.4. The second-order valence-corrected chi connectivity index (χ2v) is 32.2. The van der Waals surface area contributed by atoms with Crippen molar-refractivity contribution in [2.24, 2.45) is 5.73 Å². The molecule has 11 atom stereocenters. The third-order valence-electron chi connectivity index (χ3n) is 17.5. The van der Waals surface area contributed by atoms with Crippen LogP contribution in [0.15, 0.2) is 0 Å². The summed E-state index contributed by atoms with van der Waals surface area (Å²) in [6.45, 7) is 15.3. The van der Waals surface area contributed by atoms with E-state index in [1.54, 1.807) is 0 Å². The van der Waals surface area contributed by atoms with E-state index in [9.17, 15) is 82.1 Å². The number of methoxy groups -OCH3 is 4. The van der Waals surface area contributed by atoms with Crippen molar-refractivity contribution in [2.75, 3.05) is 205 Å². The lowest BCUT2D eigenvalue weighted by molar-refractivity contribution is -0.194. The second kappa shape index (κ2) is 78.5. The highest BCUT2D eigenvalue weighted by atomic mass is 32.2. The Morgan fingerprint density at radius 1 is 0.408 bits per heavy atom. The summed E-state index contributed by atoms with van der Waals surface area (Å²) < 4.78 is 77.4. The monoisotopic (exact) mass is 1920 g/mol. The van der Waals surface area contributed by atoms with Gasteiger partial charge in [-0.25, -0.2) is 9.59 Å². The minimum atomic E-state index is -1.19. The van der Waals surface area contributed by atoms with Crippen molar-refractivity contribution in [1.29, 1.82) is 0 Å². The van der Waals surface area contributed by atoms with E-state index in [-0.39, 0.29) is 305 Å². The fourth-order valence-electron chi connectivity index (χ4n) is 10.1. The number of carbonyl (C=O) groups is 15. The number of likely N-dealkylation sites (tertiary alicyclic amines) is 2. The van der Waals surface area contributed by atoms with Crippen LogP contribution in [-0.2, 0) is 133 Å². The zero-order chi connectivity index (χ0) is 98.0. The first-order chi connectivity index (χ1) is 62.0. The molecule has 2 saturated heterocycles. The third kappa shape index (κ3) is 65.6. The Morgan fingerprint density at radius 3 is 1.11 bits per heavy atom. The number of carboxylic acid groups (broad SMARTS) is 2. The Balaban J connectivity index is 0. The molecule has 754 valence electrons. The summed E-state index contributed by atoms with van der Waals surface area (Å²) >= 11 is 2.47. The first-order valence-electron chi connectivity index (χ1n) is 42.8. The van der Waals surface area contributed by atoms with Crippen LogP contribution in [-0.4, -0.2) is 411 Å². The number of alkyl carbamates (subject to hydrolysis) is 2. The zero-order valence-electron chi connectivity index (χ0n) is 76.7. The van der Waals surface area contributed by atoms with Crippen LogP contribution in [0.4, 0.5) is 9.59 Å². The van der Waals surface area contributed by atoms with Gasteiger partial charge in [0.1, 0.15) is 25.9 Å². The fraction of sp³-hybridized carbons (Fsp3) is 0.812. The van der Waals surface area contributed by atoms with E-state index in [1.807, 2.05) is 48.5 Å². The molecule has 0 bridgehead atoms. The zero-order valence-corrected chi connectivity index (χ0v) is 78.3. The first kappa shape index (κ1) is 124. The van der Waals surface area contributed by atoms with Crippen LogP contribution in [0, 0.1) is 0 Å². The molecule has 2 aliphatic heterocycles. The number of aliphatic carboxylic acids is 2. The lowest BCUT2D eigenvalue weighted by Gasteiger charge is -2.21. The van der Waals surface area contributed by atoms with Crippen LogP contribution < -0.4 is 48.3 Å². The van der Waals surface area contributed by atoms with Gasteiger partial charge in [0.05, 0.1) is 127 Å². The van der Waals surface area contributed by atoms with Crippen molar-refractivity contribution in [2.45, 2.75) is 216 Å². The molecule has 130 heavy (non-hydrogen) atoms. The molecule has 0 radical (unpaired) electrons. The minimum absolute atomic E-state index is 0.00278. The molecule has 0 aliphatic carbocycles. The van der Waals surface area contributed by atoms with Gasteiger partial charge >= 0.3 is 30.1 Å². The van der Waals surface area contributed by atoms with Gasteiger partial charge in [0.15, 0.2) is 25.2 Å². The molecule has 0 spiro atoms. The number of hydrogen-bond donors (Lipinski definition) is 16. The number of aliphatic hydroxyl groups excluding tert-OH is 5. The van der Waals surface area contributed by atoms with Crippen molar-refractivity contribution in [1.82, 2.24) is 52.3 Å². The molecule has 17 N–H and O–H groups in total. The molecule has 2 heterocycles. The highest BCUT2D eigenvalue weighted by Gasteiger charge is 2.42. The molecule has 50 heteroatoms. The molecule has 0 aromatic heterocycles. The first-order valence-corrected chi connectivity index (χ1v) is 44.8. The molecule has 48 nitrogen and oxygen atoms in total. The quantitative estimate of drug-likeness (QED) is 0.00966. The number of aliphatic hydroxyl groups is 5. The van der Waals surface area contributed by atoms with Crippen LogP contribution in [0.5, 0.6) is 0 Å². The Hall–Kier alpha value is -7.97. The topological polar surface area (TPSA) is 665 Å². The molecule has 0 aromatic rings. The Morgan fingerprint density at radius 2 is 0.746 bits per heavy atom. The van der Waals surface area contributed by atoms with Gasteiger partial charge in [0, 0.05) is 162 Å². The van der Waals surface area contributed by atoms with Gasteiger partial charge < -0.3 is 155 Å². The summed E-state index contributed by atoms with van der Waals surface area (Å²) in [4.78, 5) is 179. The summed E-state index contributed by atoms with van der Waals surface area (Å²) in [7, 11) is 5.63. The summed E-state index contributed by atoms with van der Waals surface area (Å²) in [6, 6.07) is -1.14. The van der Waals surface area contributed by atoms with Crippen LogP contribution in [0.1, 0.15) is 145 Å². The number of esters is 1. The number of thioether (sulfide) groups is 2. The van der Waals surface area contributed by atoms with Crippen LogP contribution >= 0.6 is 23.5 Å². The Labute approximate surface area is 767 Å². The van der Waals surface area contributed by atoms with Crippen LogP contribution in [0.2, 0.25) is 0 Å².